The minimum Gasteiger partial charge on any atom is -0.431 e. The minimum absolute atomic E-state index is 0.00388. The van der Waals surface area contributed by atoms with Crippen molar-refractivity contribution in [2.45, 2.75) is 99.0 Å². The molecule has 3 aliphatic carbocycles. The van der Waals surface area contributed by atoms with Crippen molar-refractivity contribution in [2.24, 2.45) is 34.5 Å². The molecule has 0 aromatic heterocycles. The zero-order valence-electron chi connectivity index (χ0n) is 19.6. The van der Waals surface area contributed by atoms with Crippen molar-refractivity contribution in [1.82, 2.24) is 5.32 Å². The Kier molecular flexibility index (Phi) is 5.97. The average molecular weight is 404 g/mol. The smallest absolute Gasteiger partial charge is 0.310 e. The number of carbonyl (C=O) groups is 2. The van der Waals surface area contributed by atoms with Gasteiger partial charge in [0.2, 0.25) is 5.91 Å². The minimum atomic E-state index is -0.176. The summed E-state index contributed by atoms with van der Waals surface area (Å²) in [5.74, 6) is 3.02. The zero-order valence-corrected chi connectivity index (χ0v) is 19.6. The molecule has 4 heteroatoms. The molecule has 1 saturated heterocycles. The van der Waals surface area contributed by atoms with Gasteiger partial charge in [-0.15, -0.1) is 0 Å². The maximum atomic E-state index is 13.0. The molecule has 1 aliphatic heterocycles. The first kappa shape index (κ1) is 22.4. The van der Waals surface area contributed by atoms with E-state index in [1.807, 2.05) is 13.8 Å². The van der Waals surface area contributed by atoms with Gasteiger partial charge in [-0.1, -0.05) is 27.7 Å². The van der Waals surface area contributed by atoms with E-state index < -0.39 is 0 Å². The number of allylic oxidation sites excluding steroid dienone is 2. The average Bonchev–Trinajstić information content (AvgIpc) is 3.00. The molecular weight excluding hydrogens is 362 g/mol. The van der Waals surface area contributed by atoms with Gasteiger partial charge in [-0.05, 0) is 88.5 Å². The largest absolute Gasteiger partial charge is 0.431 e. The van der Waals surface area contributed by atoms with Crippen LogP contribution in [0.4, 0.5) is 0 Å². The van der Waals surface area contributed by atoms with Gasteiger partial charge in [-0.2, -0.15) is 0 Å². The molecule has 1 heterocycles. The number of amides is 1. The van der Waals surface area contributed by atoms with Crippen LogP contribution in [0.15, 0.2) is 11.8 Å². The number of hydrogen-bond acceptors (Lipinski definition) is 3. The van der Waals surface area contributed by atoms with Crippen molar-refractivity contribution in [2.75, 3.05) is 0 Å². The summed E-state index contributed by atoms with van der Waals surface area (Å²) in [6.45, 7) is 14.9. The Morgan fingerprint density at radius 2 is 1.79 bits per heavy atom. The summed E-state index contributed by atoms with van der Waals surface area (Å²) in [5.41, 5.74) is -0.0713. The predicted octanol–water partition coefficient (Wildman–Crippen LogP) is 5.62. The molecule has 1 N–H and O–H groups in total. The second-order valence-electron chi connectivity index (χ2n) is 11.0. The number of esters is 1. The highest BCUT2D eigenvalue weighted by Gasteiger charge is 2.60. The molecule has 0 bridgehead atoms. The maximum Gasteiger partial charge on any atom is 0.310 e. The Bertz CT molecular complexity index is 691. The Morgan fingerprint density at radius 1 is 1.10 bits per heavy atom. The first-order chi connectivity index (χ1) is 13.5. The third kappa shape index (κ3) is 3.77. The monoisotopic (exact) mass is 403 g/mol. The van der Waals surface area contributed by atoms with Crippen molar-refractivity contribution in [1.29, 1.82) is 0 Å². The Morgan fingerprint density at radius 3 is 2.45 bits per heavy atom. The molecular formula is C25H41NO3. The molecule has 4 aliphatic rings. The van der Waals surface area contributed by atoms with Crippen molar-refractivity contribution < 1.29 is 14.3 Å². The lowest BCUT2D eigenvalue weighted by atomic mass is 9.49. The topological polar surface area (TPSA) is 55.4 Å². The van der Waals surface area contributed by atoms with Crippen LogP contribution in [0.5, 0.6) is 0 Å². The standard InChI is InChI=1S/C23H35NO3.C2H6/c1-21(2,3)24-20(26)17-8-7-15-14-6-9-18-23(5,13-11-19(25)27-18)16(14)10-12-22(15,17)4;1-2/h9,14-17H,6-8,10-13H2,1-5H3,(H,24,26);1-2H3. The molecule has 0 spiro atoms. The lowest BCUT2D eigenvalue weighted by molar-refractivity contribution is -0.153. The molecule has 0 radical (unpaired) electrons. The summed E-state index contributed by atoms with van der Waals surface area (Å²) in [5, 5.41) is 3.24. The van der Waals surface area contributed by atoms with Gasteiger partial charge in [0.05, 0.1) is 0 Å². The summed E-state index contributed by atoms with van der Waals surface area (Å²) in [4.78, 5) is 24.8. The quantitative estimate of drug-likeness (QED) is 0.578. The van der Waals surface area contributed by atoms with Gasteiger partial charge >= 0.3 is 5.97 Å². The van der Waals surface area contributed by atoms with Gasteiger partial charge in [0.25, 0.3) is 0 Å². The molecule has 164 valence electrons. The second-order valence-corrected chi connectivity index (χ2v) is 11.0. The van der Waals surface area contributed by atoms with E-state index in [4.69, 9.17) is 4.74 Å². The van der Waals surface area contributed by atoms with Crippen LogP contribution in [-0.2, 0) is 14.3 Å². The van der Waals surface area contributed by atoms with E-state index in [2.05, 4.69) is 46.0 Å². The highest BCUT2D eigenvalue weighted by atomic mass is 16.5. The number of hydrogen-bond donors (Lipinski definition) is 1. The molecule has 2 saturated carbocycles. The zero-order chi connectivity index (χ0) is 21.6. The van der Waals surface area contributed by atoms with E-state index in [1.165, 1.54) is 0 Å². The number of nitrogens with one attached hydrogen (secondary N) is 1. The normalized spacial score (nSPS) is 40.9. The SMILES string of the molecule is CC.CC(C)(C)NC(=O)C1CCC2C3CC=C4OC(=O)CCC4(C)C3CCC12C. The molecule has 6 unspecified atom stereocenters. The van der Waals surface area contributed by atoms with Crippen LogP contribution in [-0.4, -0.2) is 17.4 Å². The molecule has 4 rings (SSSR count). The van der Waals surface area contributed by atoms with Crippen molar-refractivity contribution in [3.8, 4) is 0 Å². The fourth-order valence-corrected chi connectivity index (χ4v) is 6.96. The van der Waals surface area contributed by atoms with Crippen LogP contribution in [0.2, 0.25) is 0 Å². The summed E-state index contributed by atoms with van der Waals surface area (Å²) < 4.78 is 5.65. The van der Waals surface area contributed by atoms with Crippen molar-refractivity contribution >= 4 is 11.9 Å². The molecule has 4 nitrogen and oxygen atoms in total. The van der Waals surface area contributed by atoms with Gasteiger partial charge < -0.3 is 10.1 Å². The van der Waals surface area contributed by atoms with Crippen molar-refractivity contribution in [3.63, 3.8) is 0 Å². The number of rotatable bonds is 1. The second kappa shape index (κ2) is 7.74. The van der Waals surface area contributed by atoms with Crippen LogP contribution < -0.4 is 5.32 Å². The third-order valence-electron chi connectivity index (χ3n) is 8.28. The number of fused-ring (bicyclic) bond motifs is 5. The molecule has 29 heavy (non-hydrogen) atoms. The van der Waals surface area contributed by atoms with Gasteiger partial charge in [-0.3, -0.25) is 9.59 Å². The molecule has 1 amide bonds. The van der Waals surface area contributed by atoms with Gasteiger partial charge in [0.15, 0.2) is 0 Å². The summed E-state index contributed by atoms with van der Waals surface area (Å²) >= 11 is 0. The molecule has 3 fully saturated rings. The lowest BCUT2D eigenvalue weighted by Crippen LogP contribution is -2.53. The maximum absolute atomic E-state index is 13.0. The number of ether oxygens (including phenoxy) is 1. The molecule has 6 atom stereocenters. The number of carbonyl (C=O) groups excluding carboxylic acids is 2. The Hall–Kier alpha value is -1.32. The Labute approximate surface area is 177 Å². The van der Waals surface area contributed by atoms with Crippen molar-refractivity contribution in [3.05, 3.63) is 11.8 Å². The van der Waals surface area contributed by atoms with E-state index in [9.17, 15) is 9.59 Å². The lowest BCUT2D eigenvalue weighted by Gasteiger charge is -2.56. The fraction of sp³-hybridized carbons (Fsp3) is 0.840. The fourth-order valence-electron chi connectivity index (χ4n) is 6.96. The highest BCUT2D eigenvalue weighted by molar-refractivity contribution is 5.80. The van der Waals surface area contributed by atoms with E-state index in [-0.39, 0.29) is 34.2 Å². The summed E-state index contributed by atoms with van der Waals surface area (Å²) in [7, 11) is 0. The Balaban J connectivity index is 0.00000117. The van der Waals surface area contributed by atoms with Crippen LogP contribution in [0.3, 0.4) is 0 Å². The summed E-state index contributed by atoms with van der Waals surface area (Å²) in [6, 6.07) is 0. The summed E-state index contributed by atoms with van der Waals surface area (Å²) in [6.07, 6.45) is 9.06. The van der Waals surface area contributed by atoms with Crippen LogP contribution in [0.1, 0.15) is 93.4 Å². The van der Waals surface area contributed by atoms with Gasteiger partial charge in [0.1, 0.15) is 5.76 Å². The van der Waals surface area contributed by atoms with E-state index >= 15 is 0 Å². The van der Waals surface area contributed by atoms with Crippen LogP contribution in [0.25, 0.3) is 0 Å². The van der Waals surface area contributed by atoms with E-state index in [1.54, 1.807) is 0 Å². The van der Waals surface area contributed by atoms with Crippen LogP contribution in [0, 0.1) is 34.5 Å². The van der Waals surface area contributed by atoms with Gasteiger partial charge in [-0.25, -0.2) is 0 Å². The molecule has 0 aromatic rings. The van der Waals surface area contributed by atoms with E-state index in [0.717, 1.165) is 44.3 Å². The van der Waals surface area contributed by atoms with E-state index in [0.29, 0.717) is 24.2 Å². The van der Waals surface area contributed by atoms with Gasteiger partial charge in [0, 0.05) is 23.3 Å². The molecule has 0 aromatic carbocycles. The first-order valence-corrected chi connectivity index (χ1v) is 11.8. The predicted molar refractivity (Wildman–Crippen MR) is 116 cm³/mol. The van der Waals surface area contributed by atoms with Crippen LogP contribution >= 0.6 is 0 Å². The third-order valence-corrected chi connectivity index (χ3v) is 8.28. The highest BCUT2D eigenvalue weighted by Crippen LogP contribution is 2.65. The first-order valence-electron chi connectivity index (χ1n) is 11.8.